The molecule has 0 aliphatic carbocycles. The van der Waals surface area contributed by atoms with E-state index in [4.69, 9.17) is 28.9 Å². The van der Waals surface area contributed by atoms with Crippen molar-refractivity contribution in [2.24, 2.45) is 5.73 Å². The maximum absolute atomic E-state index is 6.32. The van der Waals surface area contributed by atoms with E-state index >= 15 is 0 Å². The minimum absolute atomic E-state index is 0.347. The summed E-state index contributed by atoms with van der Waals surface area (Å²) in [6.45, 7) is 7.48. The van der Waals surface area contributed by atoms with Gasteiger partial charge >= 0.3 is 0 Å². The fraction of sp³-hybridized carbons (Fsp3) is 0.286. The van der Waals surface area contributed by atoms with Gasteiger partial charge in [-0.05, 0) is 37.0 Å². The van der Waals surface area contributed by atoms with Crippen LogP contribution in [0.25, 0.3) is 0 Å². The van der Waals surface area contributed by atoms with E-state index in [9.17, 15) is 0 Å². The Morgan fingerprint density at radius 2 is 1.71 bits per heavy atom. The monoisotopic (exact) mass is 269 g/mol. The second-order valence-electron chi connectivity index (χ2n) is 4.27. The van der Waals surface area contributed by atoms with Crippen LogP contribution in [0.5, 0.6) is 0 Å². The first-order valence-electron chi connectivity index (χ1n) is 5.45. The van der Waals surface area contributed by atoms with Crippen molar-refractivity contribution >= 4 is 23.2 Å². The van der Waals surface area contributed by atoms with E-state index in [0.29, 0.717) is 10.0 Å². The summed E-state index contributed by atoms with van der Waals surface area (Å²) >= 11 is 11.9. The molecule has 0 saturated heterocycles. The van der Waals surface area contributed by atoms with Gasteiger partial charge in [-0.15, -0.1) is 13.2 Å². The normalized spacial score (nSPS) is 11.2. The molecule has 0 bridgehead atoms. The van der Waals surface area contributed by atoms with Gasteiger partial charge in [0.05, 0.1) is 10.0 Å². The highest BCUT2D eigenvalue weighted by Crippen LogP contribution is 2.26. The zero-order valence-corrected chi connectivity index (χ0v) is 11.3. The fourth-order valence-electron chi connectivity index (χ4n) is 1.86. The van der Waals surface area contributed by atoms with E-state index in [1.54, 1.807) is 6.07 Å². The number of hydrogen-bond donors (Lipinski definition) is 1. The van der Waals surface area contributed by atoms with Crippen molar-refractivity contribution < 1.29 is 0 Å². The molecule has 1 aromatic carbocycles. The van der Waals surface area contributed by atoms with Crippen LogP contribution in [0, 0.1) is 0 Å². The summed E-state index contributed by atoms with van der Waals surface area (Å²) < 4.78 is 0. The Labute approximate surface area is 113 Å². The third-order valence-electron chi connectivity index (χ3n) is 2.64. The Kier molecular flexibility index (Phi) is 5.26. The first kappa shape index (κ1) is 14.3. The van der Waals surface area contributed by atoms with Gasteiger partial charge in [0.1, 0.15) is 0 Å². The number of benzene rings is 1. The summed E-state index contributed by atoms with van der Waals surface area (Å²) in [5, 5.41) is 1.12. The number of halogens is 2. The molecule has 1 nitrogen and oxygen atoms in total. The zero-order chi connectivity index (χ0) is 12.9. The summed E-state index contributed by atoms with van der Waals surface area (Å²) in [5.74, 6) is 0. The lowest BCUT2D eigenvalue weighted by atomic mass is 9.85. The highest BCUT2D eigenvalue weighted by atomic mass is 35.5. The maximum Gasteiger partial charge on any atom is 0.0595 e. The van der Waals surface area contributed by atoms with E-state index in [1.165, 1.54) is 0 Å². The molecule has 0 spiro atoms. The summed E-state index contributed by atoms with van der Waals surface area (Å²) in [4.78, 5) is 0. The Bertz CT molecular complexity index is 403. The highest BCUT2D eigenvalue weighted by Gasteiger charge is 2.22. The molecule has 3 heteroatoms. The molecule has 0 atom stereocenters. The predicted molar refractivity (Wildman–Crippen MR) is 76.7 cm³/mol. The molecule has 0 heterocycles. The summed E-state index contributed by atoms with van der Waals surface area (Å²) in [7, 11) is 0. The van der Waals surface area contributed by atoms with Gasteiger partial charge in [-0.3, -0.25) is 0 Å². The van der Waals surface area contributed by atoms with E-state index in [1.807, 2.05) is 24.3 Å². The second-order valence-corrected chi connectivity index (χ2v) is 5.09. The van der Waals surface area contributed by atoms with Crippen LogP contribution >= 0.6 is 23.2 Å². The first-order chi connectivity index (χ1) is 8.00. The summed E-state index contributed by atoms with van der Waals surface area (Å²) in [6, 6.07) is 5.60. The summed E-state index contributed by atoms with van der Waals surface area (Å²) in [6.07, 6.45) is 5.86. The van der Waals surface area contributed by atoms with Crippen LogP contribution in [0.3, 0.4) is 0 Å². The van der Waals surface area contributed by atoms with Crippen LogP contribution in [0.4, 0.5) is 0 Å². The lowest BCUT2D eigenvalue weighted by Gasteiger charge is -2.27. The van der Waals surface area contributed by atoms with Crippen LogP contribution in [-0.2, 0) is 6.42 Å². The minimum Gasteiger partial charge on any atom is -0.324 e. The largest absolute Gasteiger partial charge is 0.324 e. The highest BCUT2D eigenvalue weighted by molar-refractivity contribution is 6.42. The van der Waals surface area contributed by atoms with Gasteiger partial charge in [0.15, 0.2) is 0 Å². The van der Waals surface area contributed by atoms with Crippen molar-refractivity contribution in [3.63, 3.8) is 0 Å². The van der Waals surface area contributed by atoms with Gasteiger partial charge in [0, 0.05) is 5.54 Å². The minimum atomic E-state index is -0.347. The third-order valence-corrected chi connectivity index (χ3v) is 3.38. The molecule has 1 rings (SSSR count). The van der Waals surface area contributed by atoms with Crippen LogP contribution < -0.4 is 5.73 Å². The molecule has 1 aromatic rings. The SMILES string of the molecule is C=CCC(N)(CC=C)Cc1ccc(Cl)c(Cl)c1. The lowest BCUT2D eigenvalue weighted by molar-refractivity contribution is 0.432. The molecule has 2 N–H and O–H groups in total. The standard InChI is InChI=1S/C14H17Cl2N/c1-3-7-14(17,8-4-2)10-11-5-6-12(15)13(16)9-11/h3-6,9H,1-2,7-8,10,17H2. The van der Waals surface area contributed by atoms with E-state index in [-0.39, 0.29) is 5.54 Å². The van der Waals surface area contributed by atoms with Gasteiger partial charge in [-0.25, -0.2) is 0 Å². The van der Waals surface area contributed by atoms with E-state index in [2.05, 4.69) is 13.2 Å². The van der Waals surface area contributed by atoms with Crippen LogP contribution in [-0.4, -0.2) is 5.54 Å². The number of hydrogen-bond acceptors (Lipinski definition) is 1. The Hall–Kier alpha value is -0.760. The molecule has 0 aromatic heterocycles. The molecule has 0 saturated carbocycles. The average Bonchev–Trinajstić information content (AvgIpc) is 2.24. The smallest absolute Gasteiger partial charge is 0.0595 e. The predicted octanol–water partition coefficient (Wildman–Crippen LogP) is 4.39. The van der Waals surface area contributed by atoms with Crippen LogP contribution in [0.15, 0.2) is 43.5 Å². The van der Waals surface area contributed by atoms with Crippen molar-refractivity contribution in [1.82, 2.24) is 0 Å². The van der Waals surface area contributed by atoms with Crippen LogP contribution in [0.2, 0.25) is 10.0 Å². The van der Waals surface area contributed by atoms with Crippen molar-refractivity contribution in [2.45, 2.75) is 24.8 Å². The lowest BCUT2D eigenvalue weighted by Crippen LogP contribution is -2.41. The Morgan fingerprint density at radius 3 is 2.18 bits per heavy atom. The van der Waals surface area contributed by atoms with Gasteiger partial charge < -0.3 is 5.73 Å². The molecule has 0 aliphatic heterocycles. The molecular weight excluding hydrogens is 253 g/mol. The molecular formula is C14H17Cl2N. The maximum atomic E-state index is 6.32. The Balaban J connectivity index is 2.88. The Morgan fingerprint density at radius 1 is 1.12 bits per heavy atom. The van der Waals surface area contributed by atoms with Gasteiger partial charge in [0.25, 0.3) is 0 Å². The van der Waals surface area contributed by atoms with E-state index in [0.717, 1.165) is 24.8 Å². The van der Waals surface area contributed by atoms with Crippen molar-refractivity contribution in [1.29, 1.82) is 0 Å². The second kappa shape index (κ2) is 6.25. The van der Waals surface area contributed by atoms with Crippen molar-refractivity contribution in [3.8, 4) is 0 Å². The van der Waals surface area contributed by atoms with Gasteiger partial charge in [-0.2, -0.15) is 0 Å². The third kappa shape index (κ3) is 4.19. The molecule has 17 heavy (non-hydrogen) atoms. The molecule has 0 unspecified atom stereocenters. The van der Waals surface area contributed by atoms with Gasteiger partial charge in [0.2, 0.25) is 0 Å². The average molecular weight is 270 g/mol. The molecule has 92 valence electrons. The summed E-state index contributed by atoms with van der Waals surface area (Å²) in [5.41, 5.74) is 7.05. The topological polar surface area (TPSA) is 26.0 Å². The molecule has 0 radical (unpaired) electrons. The molecule has 0 amide bonds. The number of nitrogens with two attached hydrogens (primary N) is 1. The van der Waals surface area contributed by atoms with Crippen LogP contribution in [0.1, 0.15) is 18.4 Å². The molecule has 0 aliphatic rings. The van der Waals surface area contributed by atoms with Crippen molar-refractivity contribution in [2.75, 3.05) is 0 Å². The first-order valence-corrected chi connectivity index (χ1v) is 6.21. The quantitative estimate of drug-likeness (QED) is 0.762. The fourth-order valence-corrected chi connectivity index (χ4v) is 2.18. The van der Waals surface area contributed by atoms with E-state index < -0.39 is 0 Å². The number of rotatable bonds is 6. The van der Waals surface area contributed by atoms with Crippen molar-refractivity contribution in [3.05, 3.63) is 59.1 Å². The molecule has 0 fully saturated rings. The van der Waals surface area contributed by atoms with Gasteiger partial charge in [-0.1, -0.05) is 41.4 Å². The zero-order valence-electron chi connectivity index (χ0n) is 9.76.